The van der Waals surface area contributed by atoms with E-state index in [4.69, 9.17) is 0 Å². The van der Waals surface area contributed by atoms with Gasteiger partial charge < -0.3 is 0 Å². The summed E-state index contributed by atoms with van der Waals surface area (Å²) >= 11 is 0. The van der Waals surface area contributed by atoms with Gasteiger partial charge in [-0.05, 0) is 142 Å². The second-order valence-corrected chi connectivity index (χ2v) is 23.1. The average molecular weight is 962 g/mol. The van der Waals surface area contributed by atoms with Crippen LogP contribution in [0.4, 0.5) is 0 Å². The first-order valence-corrected chi connectivity index (χ1v) is 26.8. The van der Waals surface area contributed by atoms with Crippen LogP contribution in [0.2, 0.25) is 0 Å². The zero-order valence-corrected chi connectivity index (χ0v) is 49.8. The van der Waals surface area contributed by atoms with Crippen LogP contribution in [0.15, 0.2) is 49.1 Å². The van der Waals surface area contributed by atoms with Crippen molar-refractivity contribution in [2.75, 3.05) is 0 Å². The molecule has 0 amide bonds. The van der Waals surface area contributed by atoms with E-state index in [0.29, 0.717) is 53.3 Å². The molecule has 0 radical (unpaired) electrons. The Balaban J connectivity index is 0.000000836. The summed E-state index contributed by atoms with van der Waals surface area (Å²) in [6.45, 7) is 56.2. The smallest absolute Gasteiger partial charge is 0.130 e. The van der Waals surface area contributed by atoms with E-state index in [9.17, 15) is 0 Å². The van der Waals surface area contributed by atoms with Gasteiger partial charge in [0.05, 0.1) is 17.1 Å². The summed E-state index contributed by atoms with van der Waals surface area (Å²) in [7, 11) is 0. The van der Waals surface area contributed by atoms with E-state index in [-0.39, 0.29) is 0 Å². The fraction of sp³-hybridized carbons (Fsp3) is 0.645. The third kappa shape index (κ3) is 28.4. The first-order valence-electron chi connectivity index (χ1n) is 26.8. The third-order valence-electron chi connectivity index (χ3n) is 10.7. The molecule has 70 heavy (non-hydrogen) atoms. The summed E-state index contributed by atoms with van der Waals surface area (Å²) in [5.41, 5.74) is 14.4. The maximum Gasteiger partial charge on any atom is 0.130 e. The summed E-state index contributed by atoms with van der Waals surface area (Å²) in [6, 6.07) is 8.79. The third-order valence-corrected chi connectivity index (χ3v) is 10.7. The van der Waals surface area contributed by atoms with Crippen molar-refractivity contribution in [2.45, 2.75) is 235 Å². The van der Waals surface area contributed by atoms with Gasteiger partial charge in [0, 0.05) is 65.6 Å². The van der Waals surface area contributed by atoms with Crippen molar-refractivity contribution in [3.8, 4) is 0 Å². The summed E-state index contributed by atoms with van der Waals surface area (Å²) < 4.78 is 0. The molecule has 8 heteroatoms. The predicted molar refractivity (Wildman–Crippen MR) is 303 cm³/mol. The summed E-state index contributed by atoms with van der Waals surface area (Å²) in [6.07, 6.45) is 11.8. The number of rotatable bonds is 13. The molecule has 5 heterocycles. The minimum Gasteiger partial charge on any atom is -0.258 e. The molecule has 8 nitrogen and oxygen atoms in total. The molecule has 0 aliphatic carbocycles. The standard InChI is InChI=1S/2C13H21N.2C12H20N2.C8H12N2.C4H10/c1-9(2)8-12-6-7-13(10(3)4)11(5)14-12;1-9(2)8-12-6-7-13(10(3)4)14-11(12)5;1-8(2)6-12-13-7-11(9(3)4)10(5)14-12;1-8(2)6-11-7-13-12(9(3)4)10(5)14-11;1-6(2)8-9-4-7(3)5-10-8;1-4(2)3/h2*6-7,9-10H,8H2,1-5H3;2*7-9H,6H2,1-5H3;4-6H,1-3H3;4H,1-3H3. The van der Waals surface area contributed by atoms with E-state index >= 15 is 0 Å². The number of nitrogens with zero attached hydrogens (tertiary/aromatic N) is 8. The molecule has 0 aliphatic rings. The fourth-order valence-electron chi connectivity index (χ4n) is 7.23. The second kappa shape index (κ2) is 34.0. The van der Waals surface area contributed by atoms with E-state index in [2.05, 4.69) is 230 Å². The van der Waals surface area contributed by atoms with Gasteiger partial charge >= 0.3 is 0 Å². The van der Waals surface area contributed by atoms with Gasteiger partial charge in [-0.2, -0.15) is 0 Å². The molecule has 0 saturated heterocycles. The maximum absolute atomic E-state index is 4.63. The highest BCUT2D eigenvalue weighted by atomic mass is 14.9. The van der Waals surface area contributed by atoms with Crippen molar-refractivity contribution in [3.63, 3.8) is 0 Å². The highest BCUT2D eigenvalue weighted by Crippen LogP contribution is 2.21. The van der Waals surface area contributed by atoms with Crippen LogP contribution < -0.4 is 0 Å². The van der Waals surface area contributed by atoms with Crippen molar-refractivity contribution in [2.24, 2.45) is 29.6 Å². The van der Waals surface area contributed by atoms with Crippen LogP contribution in [0.3, 0.4) is 0 Å². The Kier molecular flexibility index (Phi) is 31.8. The predicted octanol–water partition coefficient (Wildman–Crippen LogP) is 17.2. The van der Waals surface area contributed by atoms with Gasteiger partial charge in [0.2, 0.25) is 0 Å². The van der Waals surface area contributed by atoms with Crippen LogP contribution in [-0.4, -0.2) is 39.9 Å². The minimum atomic E-state index is 0.431. The highest BCUT2D eigenvalue weighted by Gasteiger charge is 2.11. The molecule has 0 unspecified atom stereocenters. The lowest BCUT2D eigenvalue weighted by Gasteiger charge is -2.11. The first-order chi connectivity index (χ1) is 32.4. The molecular formula is C62H104N8. The van der Waals surface area contributed by atoms with Crippen molar-refractivity contribution in [1.29, 1.82) is 0 Å². The van der Waals surface area contributed by atoms with Crippen LogP contribution in [0.1, 0.15) is 254 Å². The van der Waals surface area contributed by atoms with Gasteiger partial charge in [0.15, 0.2) is 0 Å². The van der Waals surface area contributed by atoms with Crippen molar-refractivity contribution < 1.29 is 0 Å². The van der Waals surface area contributed by atoms with E-state index < -0.39 is 0 Å². The van der Waals surface area contributed by atoms with Gasteiger partial charge in [-0.15, -0.1) is 0 Å². The molecule has 0 fully saturated rings. The minimum absolute atomic E-state index is 0.431. The van der Waals surface area contributed by atoms with Crippen LogP contribution in [-0.2, 0) is 25.7 Å². The highest BCUT2D eigenvalue weighted by molar-refractivity contribution is 5.26. The molecule has 0 aliphatic heterocycles. The van der Waals surface area contributed by atoms with E-state index in [1.165, 1.54) is 39.5 Å². The topological polar surface area (TPSA) is 103 Å². The molecule has 392 valence electrons. The Morgan fingerprint density at radius 1 is 0.357 bits per heavy atom. The quantitative estimate of drug-likeness (QED) is 0.115. The molecule has 5 aromatic rings. The summed E-state index contributed by atoms with van der Waals surface area (Å²) in [5, 5.41) is 0. The van der Waals surface area contributed by atoms with E-state index in [1.807, 2.05) is 38.6 Å². The van der Waals surface area contributed by atoms with Gasteiger partial charge in [0.1, 0.15) is 11.6 Å². The molecule has 0 bridgehead atoms. The zero-order chi connectivity index (χ0) is 54.0. The van der Waals surface area contributed by atoms with Crippen molar-refractivity contribution in [1.82, 2.24) is 39.9 Å². The monoisotopic (exact) mass is 961 g/mol. The second-order valence-electron chi connectivity index (χ2n) is 23.1. The van der Waals surface area contributed by atoms with Gasteiger partial charge in [-0.1, -0.05) is 158 Å². The Bertz CT molecular complexity index is 2010. The normalized spacial score (nSPS) is 11.1. The lowest BCUT2D eigenvalue weighted by Crippen LogP contribution is -2.05. The number of aromatic nitrogens is 8. The Hall–Kier alpha value is -4.46. The van der Waals surface area contributed by atoms with Crippen LogP contribution >= 0.6 is 0 Å². The molecule has 0 N–H and O–H groups in total. The maximum atomic E-state index is 4.63. The Morgan fingerprint density at radius 2 is 0.843 bits per heavy atom. The summed E-state index contributed by atoms with van der Waals surface area (Å²) in [4.78, 5) is 35.5. The average Bonchev–Trinajstić information content (AvgIpc) is 3.21. The van der Waals surface area contributed by atoms with Gasteiger partial charge in [0.25, 0.3) is 0 Å². The molecule has 0 spiro atoms. The van der Waals surface area contributed by atoms with Crippen molar-refractivity contribution >= 4 is 0 Å². The Labute approximate surface area is 431 Å². The fourth-order valence-corrected chi connectivity index (χ4v) is 7.23. The van der Waals surface area contributed by atoms with Gasteiger partial charge in [-0.25, -0.2) is 19.9 Å². The molecule has 0 aromatic carbocycles. The van der Waals surface area contributed by atoms with E-state index in [0.717, 1.165) is 71.6 Å². The van der Waals surface area contributed by atoms with E-state index in [1.54, 1.807) is 0 Å². The van der Waals surface area contributed by atoms with Crippen LogP contribution in [0.25, 0.3) is 0 Å². The van der Waals surface area contributed by atoms with Crippen LogP contribution in [0.5, 0.6) is 0 Å². The first kappa shape index (κ1) is 65.5. The number of hydrogen-bond donors (Lipinski definition) is 0. The lowest BCUT2D eigenvalue weighted by molar-refractivity contribution is 0.616. The van der Waals surface area contributed by atoms with Crippen LogP contribution in [0, 0.1) is 64.2 Å². The molecule has 5 aromatic heterocycles. The molecule has 0 atom stereocenters. The Morgan fingerprint density at radius 3 is 1.24 bits per heavy atom. The zero-order valence-electron chi connectivity index (χ0n) is 49.8. The summed E-state index contributed by atoms with van der Waals surface area (Å²) in [5.74, 6) is 7.92. The lowest BCUT2D eigenvalue weighted by atomic mass is 10.00. The van der Waals surface area contributed by atoms with Gasteiger partial charge in [-0.3, -0.25) is 19.9 Å². The number of aryl methyl sites for hydroxylation is 5. The number of hydrogen-bond acceptors (Lipinski definition) is 8. The molecular weight excluding hydrogens is 857 g/mol. The SMILES string of the molecule is CC(C)C.Cc1cnc(C(C)C)nc1.Cc1nc(C(C)C)ccc1CC(C)C.Cc1nc(CC(C)C)ccc1C(C)C.Cc1nc(CC(C)C)cnc1C(C)C.Cc1nc(CC(C)C)ncc1C(C)C. The molecule has 5 rings (SSSR count). The van der Waals surface area contributed by atoms with Crippen molar-refractivity contribution in [3.05, 3.63) is 129 Å². The number of pyridine rings is 2. The largest absolute Gasteiger partial charge is 0.258 e. The molecule has 0 saturated carbocycles.